The van der Waals surface area contributed by atoms with Crippen LogP contribution in [0.4, 0.5) is 0 Å². The Morgan fingerprint density at radius 3 is 1.77 bits per heavy atom. The van der Waals surface area contributed by atoms with Crippen LogP contribution >= 0.6 is 0 Å². The molecule has 0 spiro atoms. The second-order valence-corrected chi connectivity index (χ2v) is 9.27. The van der Waals surface area contributed by atoms with Gasteiger partial charge in [0.1, 0.15) is 5.84 Å². The van der Waals surface area contributed by atoms with Crippen molar-refractivity contribution < 1.29 is 8.42 Å². The molecule has 1 radical (unpaired) electrons. The van der Waals surface area contributed by atoms with Gasteiger partial charge in [0.25, 0.3) is 0 Å². The molecule has 30 heavy (non-hydrogen) atoms. The molecule has 0 aromatic heterocycles. The molecule has 151 valence electrons. The van der Waals surface area contributed by atoms with Crippen molar-refractivity contribution in [3.05, 3.63) is 102 Å². The zero-order valence-corrected chi connectivity index (χ0v) is 17.4. The van der Waals surface area contributed by atoms with E-state index < -0.39 is 9.84 Å². The van der Waals surface area contributed by atoms with Gasteiger partial charge in [0, 0.05) is 17.5 Å². The number of benzene rings is 3. The molecule has 0 fully saturated rings. The van der Waals surface area contributed by atoms with E-state index in [1.54, 1.807) is 24.3 Å². The van der Waals surface area contributed by atoms with Gasteiger partial charge in [-0.3, -0.25) is 0 Å². The fourth-order valence-electron chi connectivity index (χ4n) is 3.42. The maximum atomic E-state index is 12.4. The van der Waals surface area contributed by atoms with Crippen molar-refractivity contribution in [2.24, 2.45) is 4.99 Å². The van der Waals surface area contributed by atoms with E-state index in [2.05, 4.69) is 0 Å². The average Bonchev–Trinajstić information content (AvgIpc) is 3.23. The van der Waals surface area contributed by atoms with E-state index in [-0.39, 0.29) is 5.75 Å². The molecule has 1 aliphatic rings. The van der Waals surface area contributed by atoms with Crippen molar-refractivity contribution in [2.75, 3.05) is 5.75 Å². The van der Waals surface area contributed by atoms with E-state index in [4.69, 9.17) is 10.3 Å². The van der Waals surface area contributed by atoms with Crippen LogP contribution in [0.15, 0.2) is 101 Å². The maximum Gasteiger partial charge on any atom is 0.178 e. The number of rotatable bonds is 8. The molecule has 1 heterocycles. The third kappa shape index (κ3) is 4.69. The summed E-state index contributed by atoms with van der Waals surface area (Å²) in [6, 6.07) is 28.7. The third-order valence-electron chi connectivity index (χ3n) is 4.97. The van der Waals surface area contributed by atoms with Crippen LogP contribution in [0.25, 0.3) is 11.4 Å². The van der Waals surface area contributed by atoms with Gasteiger partial charge < -0.3 is 0 Å². The lowest BCUT2D eigenvalue weighted by atomic mass is 10.1. The number of aliphatic imine (C=N–C) groups is 1. The summed E-state index contributed by atoms with van der Waals surface area (Å²) >= 11 is 0. The molecule has 0 N–H and O–H groups in total. The van der Waals surface area contributed by atoms with Gasteiger partial charge in [-0.1, -0.05) is 78.9 Å². The van der Waals surface area contributed by atoms with E-state index in [1.807, 2.05) is 66.7 Å². The standard InChI is InChI=1S/C25H23N2O2S/c28-30(29,22-16-8-3-9-17-22)19-11-10-18-23-26-24(20-12-4-1-5-13-20)25(27-23)21-14-6-2-7-15-21/h1-9,12-17H,10-11,18-19H2. The molecule has 4 nitrogen and oxygen atoms in total. The first-order valence-corrected chi connectivity index (χ1v) is 11.7. The molecule has 0 unspecified atom stereocenters. The Morgan fingerprint density at radius 2 is 1.17 bits per heavy atom. The minimum Gasteiger partial charge on any atom is -0.231 e. The van der Waals surface area contributed by atoms with Crippen LogP contribution in [0.2, 0.25) is 0 Å². The highest BCUT2D eigenvalue weighted by molar-refractivity contribution is 7.91. The molecule has 3 aromatic carbocycles. The first-order chi connectivity index (χ1) is 14.6. The van der Waals surface area contributed by atoms with E-state index in [9.17, 15) is 8.42 Å². The highest BCUT2D eigenvalue weighted by Crippen LogP contribution is 2.31. The van der Waals surface area contributed by atoms with Gasteiger partial charge in [0.05, 0.1) is 22.0 Å². The fourth-order valence-corrected chi connectivity index (χ4v) is 4.81. The van der Waals surface area contributed by atoms with E-state index in [0.29, 0.717) is 17.7 Å². The molecule has 0 aliphatic carbocycles. The fraction of sp³-hybridized carbons (Fsp3) is 0.160. The molecule has 0 atom stereocenters. The first kappa shape index (κ1) is 20.1. The van der Waals surface area contributed by atoms with Crippen LogP contribution in [0.1, 0.15) is 30.4 Å². The number of sulfone groups is 1. The Bertz CT molecular complexity index is 1150. The summed E-state index contributed by atoms with van der Waals surface area (Å²) in [5.74, 6) is 0.888. The van der Waals surface area contributed by atoms with Crippen LogP contribution in [-0.2, 0) is 9.84 Å². The summed E-state index contributed by atoms with van der Waals surface area (Å²) < 4.78 is 24.9. The Labute approximate surface area is 177 Å². The van der Waals surface area contributed by atoms with Gasteiger partial charge in [-0.25, -0.2) is 18.7 Å². The number of hydrogen-bond donors (Lipinski definition) is 0. The lowest BCUT2D eigenvalue weighted by Gasteiger charge is -2.06. The molecule has 0 amide bonds. The quantitative estimate of drug-likeness (QED) is 0.476. The highest BCUT2D eigenvalue weighted by Gasteiger charge is 2.22. The van der Waals surface area contributed by atoms with Gasteiger partial charge in [-0.15, -0.1) is 0 Å². The SMILES string of the molecule is O=S(=O)(CCCCC1=NC(c2ccccc2)=C(c2ccccc2)[N]1)c1ccccc1. The van der Waals surface area contributed by atoms with Crippen LogP contribution < -0.4 is 5.32 Å². The summed E-state index contributed by atoms with van der Waals surface area (Å²) in [4.78, 5) is 5.17. The van der Waals surface area contributed by atoms with Gasteiger partial charge in [-0.05, 0) is 25.0 Å². The largest absolute Gasteiger partial charge is 0.231 e. The highest BCUT2D eigenvalue weighted by atomic mass is 32.2. The molecule has 0 bridgehead atoms. The topological polar surface area (TPSA) is 60.6 Å². The Balaban J connectivity index is 1.43. The van der Waals surface area contributed by atoms with Crippen molar-refractivity contribution >= 4 is 27.1 Å². The van der Waals surface area contributed by atoms with Crippen LogP contribution in [0, 0.1) is 0 Å². The van der Waals surface area contributed by atoms with Crippen LogP contribution in [0.5, 0.6) is 0 Å². The first-order valence-electron chi connectivity index (χ1n) is 10.1. The van der Waals surface area contributed by atoms with Crippen LogP contribution in [-0.4, -0.2) is 20.0 Å². The Kier molecular flexibility index (Phi) is 6.10. The summed E-state index contributed by atoms with van der Waals surface area (Å²) in [6.07, 6.45) is 1.95. The number of amidine groups is 1. The second-order valence-electron chi connectivity index (χ2n) is 7.16. The van der Waals surface area contributed by atoms with Crippen LogP contribution in [0.3, 0.4) is 0 Å². The Hall–Kier alpha value is -3.18. The van der Waals surface area contributed by atoms with Crippen molar-refractivity contribution in [3.63, 3.8) is 0 Å². The summed E-state index contributed by atoms with van der Waals surface area (Å²) in [5.41, 5.74) is 3.80. The lowest BCUT2D eigenvalue weighted by Crippen LogP contribution is -2.11. The van der Waals surface area contributed by atoms with E-state index in [0.717, 1.165) is 34.8 Å². The second kappa shape index (κ2) is 9.09. The third-order valence-corrected chi connectivity index (χ3v) is 6.78. The number of nitrogens with zero attached hydrogens (tertiary/aromatic N) is 2. The predicted octanol–water partition coefficient (Wildman–Crippen LogP) is 5.17. The maximum absolute atomic E-state index is 12.4. The minimum atomic E-state index is -3.24. The zero-order chi connectivity index (χ0) is 20.8. The molecule has 0 saturated carbocycles. The van der Waals surface area contributed by atoms with Gasteiger partial charge >= 0.3 is 0 Å². The van der Waals surface area contributed by atoms with Crippen molar-refractivity contribution in [1.29, 1.82) is 0 Å². The minimum absolute atomic E-state index is 0.134. The monoisotopic (exact) mass is 415 g/mol. The zero-order valence-electron chi connectivity index (χ0n) is 16.6. The average molecular weight is 416 g/mol. The molecule has 0 saturated heterocycles. The molecular weight excluding hydrogens is 392 g/mol. The molecular formula is C25H23N2O2S. The molecule has 4 rings (SSSR count). The number of unbranched alkanes of at least 4 members (excludes halogenated alkanes) is 1. The van der Waals surface area contributed by atoms with E-state index >= 15 is 0 Å². The summed E-state index contributed by atoms with van der Waals surface area (Å²) in [6.45, 7) is 0. The lowest BCUT2D eigenvalue weighted by molar-refractivity contribution is 0.592. The molecule has 5 heteroatoms. The van der Waals surface area contributed by atoms with Gasteiger partial charge in [0.2, 0.25) is 0 Å². The molecule has 3 aromatic rings. The Morgan fingerprint density at radius 1 is 0.633 bits per heavy atom. The summed E-state index contributed by atoms with van der Waals surface area (Å²) in [7, 11) is -3.24. The summed E-state index contributed by atoms with van der Waals surface area (Å²) in [5, 5.41) is 4.79. The normalized spacial score (nSPS) is 13.8. The van der Waals surface area contributed by atoms with E-state index in [1.165, 1.54) is 0 Å². The van der Waals surface area contributed by atoms with Crippen molar-refractivity contribution in [3.8, 4) is 0 Å². The smallest absolute Gasteiger partial charge is 0.178 e. The molecule has 1 aliphatic heterocycles. The van der Waals surface area contributed by atoms with Gasteiger partial charge in [0.15, 0.2) is 9.84 Å². The van der Waals surface area contributed by atoms with Crippen molar-refractivity contribution in [1.82, 2.24) is 5.32 Å². The number of hydrogen-bond acceptors (Lipinski definition) is 3. The van der Waals surface area contributed by atoms with Crippen molar-refractivity contribution in [2.45, 2.75) is 24.2 Å². The van der Waals surface area contributed by atoms with Gasteiger partial charge in [-0.2, -0.15) is 0 Å². The predicted molar refractivity (Wildman–Crippen MR) is 122 cm³/mol.